The highest BCUT2D eigenvalue weighted by Gasteiger charge is 2.24. The first-order chi connectivity index (χ1) is 10.8. The highest BCUT2D eigenvalue weighted by molar-refractivity contribution is 7.92. The Balaban J connectivity index is 2.14. The fourth-order valence-corrected chi connectivity index (χ4v) is 4.03. The number of anilines is 1. The minimum atomic E-state index is -3.52. The fraction of sp³-hybridized carbons (Fsp3) is 0.588. The van der Waals surface area contributed by atoms with Crippen molar-refractivity contribution in [2.75, 3.05) is 17.1 Å². The molecule has 1 N–H and O–H groups in total. The summed E-state index contributed by atoms with van der Waals surface area (Å²) >= 11 is 0. The van der Waals surface area contributed by atoms with Crippen LogP contribution >= 0.6 is 0 Å². The molecule has 0 radical (unpaired) electrons. The van der Waals surface area contributed by atoms with Crippen LogP contribution in [0.1, 0.15) is 43.2 Å². The average Bonchev–Trinajstić information content (AvgIpc) is 2.45. The molecule has 5 nitrogen and oxygen atoms in total. The zero-order chi connectivity index (χ0) is 17.0. The molecule has 0 bridgehead atoms. The zero-order valence-electron chi connectivity index (χ0n) is 14.1. The molecule has 1 fully saturated rings. The summed E-state index contributed by atoms with van der Waals surface area (Å²) in [6.07, 6.45) is 6.56. The van der Waals surface area contributed by atoms with Gasteiger partial charge in [-0.25, -0.2) is 8.42 Å². The number of amides is 1. The Kier molecular flexibility index (Phi) is 5.68. The number of sulfonamides is 1. The van der Waals surface area contributed by atoms with Gasteiger partial charge in [-0.1, -0.05) is 37.0 Å². The number of nitrogens with zero attached hydrogens (tertiary/aromatic N) is 1. The normalized spacial score (nSPS) is 16.1. The third-order valence-electron chi connectivity index (χ3n) is 4.28. The fourth-order valence-electron chi connectivity index (χ4n) is 3.12. The first-order valence-electron chi connectivity index (χ1n) is 8.11. The third-order valence-corrected chi connectivity index (χ3v) is 5.41. The Labute approximate surface area is 139 Å². The lowest BCUT2D eigenvalue weighted by Crippen LogP contribution is -2.44. The summed E-state index contributed by atoms with van der Waals surface area (Å²) in [5.41, 5.74) is 2.48. The second kappa shape index (κ2) is 7.34. The van der Waals surface area contributed by atoms with Crippen molar-refractivity contribution in [3.8, 4) is 0 Å². The van der Waals surface area contributed by atoms with Gasteiger partial charge in [0.1, 0.15) is 6.54 Å². The number of rotatable bonds is 5. The number of carbonyl (C=O) groups excluding carboxylic acids is 1. The molecule has 1 aliphatic carbocycles. The lowest BCUT2D eigenvalue weighted by molar-refractivity contribution is -0.120. The van der Waals surface area contributed by atoms with Crippen LogP contribution in [0.4, 0.5) is 5.69 Å². The van der Waals surface area contributed by atoms with Gasteiger partial charge < -0.3 is 5.32 Å². The topological polar surface area (TPSA) is 66.5 Å². The van der Waals surface area contributed by atoms with Crippen LogP contribution in [0.2, 0.25) is 0 Å². The maximum Gasteiger partial charge on any atom is 0.240 e. The SMILES string of the molecule is Cc1ccc(N(CC(=O)NC2CCCCC2)S(C)(=O)=O)c(C)c1. The maximum absolute atomic E-state index is 12.3. The monoisotopic (exact) mass is 338 g/mol. The van der Waals surface area contributed by atoms with Crippen molar-refractivity contribution >= 4 is 21.6 Å². The smallest absolute Gasteiger partial charge is 0.240 e. The van der Waals surface area contributed by atoms with Gasteiger partial charge in [0.05, 0.1) is 11.9 Å². The Hall–Kier alpha value is -1.56. The number of nitrogens with one attached hydrogen (secondary N) is 1. The van der Waals surface area contributed by atoms with Gasteiger partial charge in [-0.3, -0.25) is 9.10 Å². The van der Waals surface area contributed by atoms with Crippen molar-refractivity contribution in [2.24, 2.45) is 0 Å². The summed E-state index contributed by atoms with van der Waals surface area (Å²) < 4.78 is 25.5. The molecule has 6 heteroatoms. The van der Waals surface area contributed by atoms with E-state index in [9.17, 15) is 13.2 Å². The van der Waals surface area contributed by atoms with Crippen LogP contribution in [-0.2, 0) is 14.8 Å². The van der Waals surface area contributed by atoms with E-state index in [1.807, 2.05) is 26.0 Å². The van der Waals surface area contributed by atoms with Gasteiger partial charge in [0.25, 0.3) is 0 Å². The van der Waals surface area contributed by atoms with Crippen molar-refractivity contribution in [3.05, 3.63) is 29.3 Å². The highest BCUT2D eigenvalue weighted by Crippen LogP contribution is 2.23. The highest BCUT2D eigenvalue weighted by atomic mass is 32.2. The first-order valence-corrected chi connectivity index (χ1v) is 9.96. The number of aryl methyl sites for hydroxylation is 2. The molecule has 23 heavy (non-hydrogen) atoms. The van der Waals surface area contributed by atoms with Gasteiger partial charge in [-0.05, 0) is 38.3 Å². The standard InChI is InChI=1S/C17H26N2O3S/c1-13-9-10-16(14(2)11-13)19(23(3,21)22)12-17(20)18-15-7-5-4-6-8-15/h9-11,15H,4-8,12H2,1-3H3,(H,18,20). The molecule has 0 spiro atoms. The Morgan fingerprint density at radius 3 is 2.43 bits per heavy atom. The molecule has 0 heterocycles. The van der Waals surface area contributed by atoms with Gasteiger partial charge in [0.2, 0.25) is 15.9 Å². The van der Waals surface area contributed by atoms with E-state index in [0.717, 1.165) is 43.1 Å². The van der Waals surface area contributed by atoms with E-state index in [1.165, 1.54) is 10.7 Å². The van der Waals surface area contributed by atoms with Gasteiger partial charge >= 0.3 is 0 Å². The van der Waals surface area contributed by atoms with Gasteiger partial charge in [-0.2, -0.15) is 0 Å². The third kappa shape index (κ3) is 4.96. The van der Waals surface area contributed by atoms with Gasteiger partial charge in [0.15, 0.2) is 0 Å². The van der Waals surface area contributed by atoms with Crippen LogP contribution in [0.5, 0.6) is 0 Å². The molecule has 128 valence electrons. The van der Waals surface area contributed by atoms with E-state index < -0.39 is 10.0 Å². The van der Waals surface area contributed by atoms with Crippen LogP contribution < -0.4 is 9.62 Å². The number of carbonyl (C=O) groups is 1. The van der Waals surface area contributed by atoms with Crippen molar-refractivity contribution < 1.29 is 13.2 Å². The van der Waals surface area contributed by atoms with E-state index in [-0.39, 0.29) is 18.5 Å². The van der Waals surface area contributed by atoms with Crippen molar-refractivity contribution in [1.29, 1.82) is 0 Å². The minimum absolute atomic E-state index is 0.167. The van der Waals surface area contributed by atoms with Crippen LogP contribution in [0, 0.1) is 13.8 Å². The van der Waals surface area contributed by atoms with E-state index in [0.29, 0.717) is 5.69 Å². The average molecular weight is 338 g/mol. The summed E-state index contributed by atoms with van der Waals surface area (Å²) in [6.45, 7) is 3.65. The molecular formula is C17H26N2O3S. The lowest BCUT2D eigenvalue weighted by atomic mass is 9.95. The van der Waals surface area contributed by atoms with Gasteiger partial charge in [0, 0.05) is 6.04 Å². The second-order valence-corrected chi connectivity index (χ2v) is 8.37. The Bertz CT molecular complexity index is 664. The van der Waals surface area contributed by atoms with Crippen molar-refractivity contribution in [2.45, 2.75) is 52.0 Å². The summed E-state index contributed by atoms with van der Waals surface area (Å²) in [5, 5.41) is 2.98. The number of benzene rings is 1. The molecule has 0 aliphatic heterocycles. The summed E-state index contributed by atoms with van der Waals surface area (Å²) in [7, 11) is -3.52. The number of hydrogen-bond acceptors (Lipinski definition) is 3. The van der Waals surface area contributed by atoms with Crippen LogP contribution in [0.25, 0.3) is 0 Å². The summed E-state index contributed by atoms with van der Waals surface area (Å²) in [6, 6.07) is 5.72. The molecule has 0 aromatic heterocycles. The van der Waals surface area contributed by atoms with Crippen LogP contribution in [-0.4, -0.2) is 33.2 Å². The van der Waals surface area contributed by atoms with Crippen LogP contribution in [0.15, 0.2) is 18.2 Å². The quantitative estimate of drug-likeness (QED) is 0.897. The summed E-state index contributed by atoms with van der Waals surface area (Å²) in [5.74, 6) is -0.234. The van der Waals surface area contributed by atoms with E-state index in [4.69, 9.17) is 0 Å². The Morgan fingerprint density at radius 2 is 1.87 bits per heavy atom. The summed E-state index contributed by atoms with van der Waals surface area (Å²) in [4.78, 5) is 12.3. The predicted octanol–water partition coefficient (Wildman–Crippen LogP) is 2.52. The molecule has 0 saturated heterocycles. The van der Waals surface area contributed by atoms with Crippen molar-refractivity contribution in [3.63, 3.8) is 0 Å². The molecule has 0 atom stereocenters. The van der Waals surface area contributed by atoms with Gasteiger partial charge in [-0.15, -0.1) is 0 Å². The minimum Gasteiger partial charge on any atom is -0.352 e. The zero-order valence-corrected chi connectivity index (χ0v) is 14.9. The van der Waals surface area contributed by atoms with Crippen molar-refractivity contribution in [1.82, 2.24) is 5.32 Å². The first kappa shape index (κ1) is 17.8. The molecule has 2 rings (SSSR count). The molecule has 1 aromatic rings. The van der Waals surface area contributed by atoms with Crippen LogP contribution in [0.3, 0.4) is 0 Å². The maximum atomic E-state index is 12.3. The van der Waals surface area contributed by atoms with E-state index in [2.05, 4.69) is 5.32 Å². The lowest BCUT2D eigenvalue weighted by Gasteiger charge is -2.27. The molecular weight excluding hydrogens is 312 g/mol. The Morgan fingerprint density at radius 1 is 1.22 bits per heavy atom. The number of hydrogen-bond donors (Lipinski definition) is 1. The second-order valence-electron chi connectivity index (χ2n) is 6.46. The predicted molar refractivity (Wildman–Crippen MR) is 93.1 cm³/mol. The van der Waals surface area contributed by atoms with E-state index >= 15 is 0 Å². The largest absolute Gasteiger partial charge is 0.352 e. The molecule has 1 aromatic carbocycles. The molecule has 1 saturated carbocycles. The van der Waals surface area contributed by atoms with E-state index in [1.54, 1.807) is 6.07 Å². The molecule has 1 amide bonds. The molecule has 0 unspecified atom stereocenters. The molecule has 1 aliphatic rings.